The van der Waals surface area contributed by atoms with Crippen LogP contribution in [0.25, 0.3) is 10.8 Å². The zero-order chi connectivity index (χ0) is 15.4. The van der Waals surface area contributed by atoms with Crippen LogP contribution in [0.2, 0.25) is 0 Å². The number of carbonyl (C=O) groups is 1. The molecule has 0 spiro atoms. The van der Waals surface area contributed by atoms with E-state index in [1.165, 1.54) is 0 Å². The van der Waals surface area contributed by atoms with Gasteiger partial charge in [-0.3, -0.25) is 4.79 Å². The molecule has 4 heteroatoms. The summed E-state index contributed by atoms with van der Waals surface area (Å²) in [6.45, 7) is 3.83. The molecule has 2 rings (SSSR count). The van der Waals surface area contributed by atoms with Crippen molar-refractivity contribution in [2.24, 2.45) is 0 Å². The Morgan fingerprint density at radius 3 is 2.48 bits per heavy atom. The van der Waals surface area contributed by atoms with Gasteiger partial charge in [-0.2, -0.15) is 0 Å². The molecule has 0 aliphatic heterocycles. The standard InChI is InChI=1S/C17H22N2O2/c1-11(18-3)14-10-9-13-7-5-6-8-15(13)16(14)21-12(2)17(20)19-4/h5-12,18H,1-4H3,(H,19,20). The summed E-state index contributed by atoms with van der Waals surface area (Å²) in [5, 5.41) is 7.96. The van der Waals surface area contributed by atoms with Gasteiger partial charge >= 0.3 is 0 Å². The van der Waals surface area contributed by atoms with E-state index in [-0.39, 0.29) is 11.9 Å². The number of likely N-dealkylation sites (N-methyl/N-ethyl adjacent to an activating group) is 1. The summed E-state index contributed by atoms with van der Waals surface area (Å²) in [6.07, 6.45) is -0.538. The third kappa shape index (κ3) is 3.16. The highest BCUT2D eigenvalue weighted by Gasteiger charge is 2.19. The Labute approximate surface area is 125 Å². The fraction of sp³-hybridized carbons (Fsp3) is 0.353. The molecule has 0 saturated carbocycles. The number of rotatable bonds is 5. The van der Waals surface area contributed by atoms with Gasteiger partial charge in [-0.15, -0.1) is 0 Å². The molecule has 1 amide bonds. The molecule has 0 fully saturated rings. The van der Waals surface area contributed by atoms with Crippen LogP contribution in [0.15, 0.2) is 36.4 Å². The summed E-state index contributed by atoms with van der Waals surface area (Å²) in [4.78, 5) is 11.8. The Hall–Kier alpha value is -2.07. The van der Waals surface area contributed by atoms with Crippen molar-refractivity contribution in [3.05, 3.63) is 42.0 Å². The van der Waals surface area contributed by atoms with Gasteiger partial charge in [0.05, 0.1) is 0 Å². The lowest BCUT2D eigenvalue weighted by molar-refractivity contribution is -0.126. The quantitative estimate of drug-likeness (QED) is 0.888. The van der Waals surface area contributed by atoms with Gasteiger partial charge in [0, 0.05) is 24.0 Å². The van der Waals surface area contributed by atoms with Gasteiger partial charge < -0.3 is 15.4 Å². The van der Waals surface area contributed by atoms with Crippen LogP contribution in [-0.4, -0.2) is 26.1 Å². The van der Waals surface area contributed by atoms with E-state index in [9.17, 15) is 4.79 Å². The van der Waals surface area contributed by atoms with Crippen molar-refractivity contribution in [2.45, 2.75) is 26.0 Å². The molecule has 0 bridgehead atoms. The molecule has 0 radical (unpaired) electrons. The maximum atomic E-state index is 11.8. The predicted molar refractivity (Wildman–Crippen MR) is 85.6 cm³/mol. The average molecular weight is 286 g/mol. The van der Waals surface area contributed by atoms with Crippen molar-refractivity contribution in [2.75, 3.05) is 14.1 Å². The summed E-state index contributed by atoms with van der Waals surface area (Å²) in [6, 6.07) is 12.3. The van der Waals surface area contributed by atoms with Gasteiger partial charge in [-0.25, -0.2) is 0 Å². The molecule has 2 N–H and O–H groups in total. The highest BCUT2D eigenvalue weighted by molar-refractivity contribution is 5.90. The second-order valence-electron chi connectivity index (χ2n) is 5.09. The lowest BCUT2D eigenvalue weighted by Crippen LogP contribution is -2.34. The Bertz CT molecular complexity index is 640. The van der Waals surface area contributed by atoms with Gasteiger partial charge in [0.15, 0.2) is 6.10 Å². The highest BCUT2D eigenvalue weighted by atomic mass is 16.5. The van der Waals surface area contributed by atoms with Crippen molar-refractivity contribution in [1.82, 2.24) is 10.6 Å². The molecule has 0 aliphatic rings. The van der Waals surface area contributed by atoms with Gasteiger partial charge in [-0.05, 0) is 26.3 Å². The van der Waals surface area contributed by atoms with Crippen molar-refractivity contribution in [1.29, 1.82) is 0 Å². The Balaban J connectivity index is 2.53. The fourth-order valence-electron chi connectivity index (χ4n) is 2.32. The third-order valence-corrected chi connectivity index (χ3v) is 3.72. The molecule has 21 heavy (non-hydrogen) atoms. The number of hydrogen-bond donors (Lipinski definition) is 2. The lowest BCUT2D eigenvalue weighted by atomic mass is 10.0. The first kappa shape index (κ1) is 15.3. The minimum Gasteiger partial charge on any atom is -0.480 e. The number of nitrogens with one attached hydrogen (secondary N) is 2. The molecule has 0 aliphatic carbocycles. The van der Waals surface area contributed by atoms with Crippen LogP contribution in [0, 0.1) is 0 Å². The van der Waals surface area contributed by atoms with Crippen molar-refractivity contribution < 1.29 is 9.53 Å². The van der Waals surface area contributed by atoms with Crippen LogP contribution in [0.1, 0.15) is 25.5 Å². The lowest BCUT2D eigenvalue weighted by Gasteiger charge is -2.21. The molecule has 112 valence electrons. The zero-order valence-electron chi connectivity index (χ0n) is 12.9. The van der Waals surface area contributed by atoms with Gasteiger partial charge in [0.25, 0.3) is 5.91 Å². The molecule has 2 aromatic carbocycles. The first-order valence-corrected chi connectivity index (χ1v) is 7.15. The number of amides is 1. The van der Waals surface area contributed by atoms with E-state index < -0.39 is 6.10 Å². The van der Waals surface area contributed by atoms with E-state index in [4.69, 9.17) is 4.74 Å². The summed E-state index contributed by atoms with van der Waals surface area (Å²) in [5.41, 5.74) is 1.05. The predicted octanol–water partition coefficient (Wildman–Crippen LogP) is 2.63. The monoisotopic (exact) mass is 286 g/mol. The number of benzene rings is 2. The topological polar surface area (TPSA) is 50.4 Å². The second kappa shape index (κ2) is 6.59. The van der Waals surface area contributed by atoms with Gasteiger partial charge in [0.2, 0.25) is 0 Å². The van der Waals surface area contributed by atoms with Crippen LogP contribution in [0.3, 0.4) is 0 Å². The molecular formula is C17H22N2O2. The van der Waals surface area contributed by atoms with E-state index in [2.05, 4.69) is 29.7 Å². The largest absolute Gasteiger partial charge is 0.480 e. The Morgan fingerprint density at radius 1 is 1.10 bits per heavy atom. The van der Waals surface area contributed by atoms with Gasteiger partial charge in [-0.1, -0.05) is 36.4 Å². The second-order valence-corrected chi connectivity index (χ2v) is 5.09. The number of ether oxygens (including phenoxy) is 1. The Morgan fingerprint density at radius 2 is 1.81 bits per heavy atom. The summed E-state index contributed by atoms with van der Waals surface area (Å²) >= 11 is 0. The van der Waals surface area contributed by atoms with Crippen molar-refractivity contribution >= 4 is 16.7 Å². The SMILES string of the molecule is CNC(=O)C(C)Oc1c(C(C)NC)ccc2ccccc12. The first-order valence-electron chi connectivity index (χ1n) is 7.15. The molecule has 0 heterocycles. The molecule has 0 saturated heterocycles. The number of fused-ring (bicyclic) bond motifs is 1. The zero-order valence-corrected chi connectivity index (χ0v) is 12.9. The van der Waals surface area contributed by atoms with E-state index in [0.717, 1.165) is 22.1 Å². The smallest absolute Gasteiger partial charge is 0.260 e. The molecule has 0 aromatic heterocycles. The van der Waals surface area contributed by atoms with Crippen LogP contribution >= 0.6 is 0 Å². The maximum Gasteiger partial charge on any atom is 0.260 e. The average Bonchev–Trinajstić information content (AvgIpc) is 2.53. The van der Waals surface area contributed by atoms with Crippen LogP contribution < -0.4 is 15.4 Å². The number of hydrogen-bond acceptors (Lipinski definition) is 3. The fourth-order valence-corrected chi connectivity index (χ4v) is 2.32. The summed E-state index contributed by atoms with van der Waals surface area (Å²) in [5.74, 6) is 0.636. The van der Waals surface area contributed by atoms with Crippen molar-refractivity contribution in [3.63, 3.8) is 0 Å². The minimum absolute atomic E-state index is 0.133. The highest BCUT2D eigenvalue weighted by Crippen LogP contribution is 2.34. The molecule has 2 aromatic rings. The maximum absolute atomic E-state index is 11.8. The van der Waals surface area contributed by atoms with Crippen molar-refractivity contribution in [3.8, 4) is 5.75 Å². The number of carbonyl (C=O) groups excluding carboxylic acids is 1. The van der Waals surface area contributed by atoms with Crippen LogP contribution in [-0.2, 0) is 4.79 Å². The minimum atomic E-state index is -0.538. The molecule has 2 unspecified atom stereocenters. The molecule has 2 atom stereocenters. The Kier molecular flexibility index (Phi) is 4.81. The summed E-state index contributed by atoms with van der Waals surface area (Å²) in [7, 11) is 3.52. The molecule has 4 nitrogen and oxygen atoms in total. The van der Waals surface area contributed by atoms with E-state index in [1.54, 1.807) is 14.0 Å². The van der Waals surface area contributed by atoms with E-state index in [1.807, 2.05) is 31.3 Å². The molecular weight excluding hydrogens is 264 g/mol. The third-order valence-electron chi connectivity index (χ3n) is 3.72. The first-order chi connectivity index (χ1) is 10.1. The normalized spacial score (nSPS) is 13.7. The van der Waals surface area contributed by atoms with E-state index in [0.29, 0.717) is 0 Å². The van der Waals surface area contributed by atoms with E-state index >= 15 is 0 Å². The van der Waals surface area contributed by atoms with Crippen LogP contribution in [0.4, 0.5) is 0 Å². The van der Waals surface area contributed by atoms with Gasteiger partial charge in [0.1, 0.15) is 5.75 Å². The van der Waals surface area contributed by atoms with Crippen LogP contribution in [0.5, 0.6) is 5.75 Å². The summed E-state index contributed by atoms with van der Waals surface area (Å²) < 4.78 is 5.98.